The Bertz CT molecular complexity index is 692. The summed E-state index contributed by atoms with van der Waals surface area (Å²) in [5.74, 6) is 0. The summed E-state index contributed by atoms with van der Waals surface area (Å²) in [5, 5.41) is 8.12. The minimum absolute atomic E-state index is 0.658. The van der Waals surface area contributed by atoms with Crippen LogP contribution in [-0.4, -0.2) is 11.3 Å². The molecule has 0 bridgehead atoms. The molecule has 2 aliphatic rings. The van der Waals surface area contributed by atoms with E-state index < -0.39 is 0 Å². The molecule has 0 saturated heterocycles. The summed E-state index contributed by atoms with van der Waals surface area (Å²) in [6.07, 6.45) is 7.96. The highest BCUT2D eigenvalue weighted by Crippen LogP contribution is 2.46. The molecule has 1 saturated carbocycles. The zero-order chi connectivity index (χ0) is 16.4. The minimum atomic E-state index is 0.658. The van der Waals surface area contributed by atoms with Crippen LogP contribution in [0.5, 0.6) is 0 Å². The maximum atomic E-state index is 3.85. The number of rotatable bonds is 4. The molecular weight excluding hydrogens is 312 g/mol. The van der Waals surface area contributed by atoms with Gasteiger partial charge in [0.05, 0.1) is 5.69 Å². The zero-order valence-corrected chi connectivity index (χ0v) is 15.2. The molecule has 3 heteroatoms. The molecule has 0 radical (unpaired) electrons. The van der Waals surface area contributed by atoms with Crippen LogP contribution in [0.1, 0.15) is 44.6 Å². The second-order valence-electron chi connectivity index (χ2n) is 7.07. The van der Waals surface area contributed by atoms with Gasteiger partial charge >= 0.3 is 0 Å². The van der Waals surface area contributed by atoms with E-state index in [1.165, 1.54) is 60.4 Å². The Hall–Kier alpha value is -1.61. The molecule has 0 aromatic heterocycles. The van der Waals surface area contributed by atoms with Crippen molar-refractivity contribution >= 4 is 28.8 Å². The monoisotopic (exact) mass is 338 g/mol. The predicted molar refractivity (Wildman–Crippen MR) is 106 cm³/mol. The van der Waals surface area contributed by atoms with Gasteiger partial charge in [0.1, 0.15) is 0 Å². The summed E-state index contributed by atoms with van der Waals surface area (Å²) >= 11 is 2.01. The molecule has 24 heavy (non-hydrogen) atoms. The molecule has 1 heterocycles. The van der Waals surface area contributed by atoms with Gasteiger partial charge in [-0.05, 0) is 49.1 Å². The van der Waals surface area contributed by atoms with Gasteiger partial charge in [0, 0.05) is 27.6 Å². The maximum absolute atomic E-state index is 3.85. The van der Waals surface area contributed by atoms with E-state index in [2.05, 4.69) is 60.0 Å². The Morgan fingerprint density at radius 2 is 1.67 bits per heavy atom. The van der Waals surface area contributed by atoms with Crippen LogP contribution < -0.4 is 10.6 Å². The minimum Gasteiger partial charge on any atom is -0.382 e. The molecule has 2 nitrogen and oxygen atoms in total. The van der Waals surface area contributed by atoms with Crippen molar-refractivity contribution in [2.75, 3.05) is 10.6 Å². The molecule has 1 unspecified atom stereocenters. The highest BCUT2D eigenvalue weighted by molar-refractivity contribution is 8.00. The fourth-order valence-corrected chi connectivity index (χ4v) is 5.11. The summed E-state index contributed by atoms with van der Waals surface area (Å²) in [6, 6.07) is 15.7. The molecule has 2 aromatic rings. The Kier molecular flexibility index (Phi) is 4.70. The van der Waals surface area contributed by atoms with E-state index in [4.69, 9.17) is 0 Å². The van der Waals surface area contributed by atoms with Crippen molar-refractivity contribution in [1.82, 2.24) is 0 Å². The third-order valence-electron chi connectivity index (χ3n) is 5.09. The second-order valence-corrected chi connectivity index (χ2v) is 8.52. The Balaban J connectivity index is 1.60. The van der Waals surface area contributed by atoms with E-state index in [-0.39, 0.29) is 0 Å². The quantitative estimate of drug-likeness (QED) is 0.693. The number of nitrogens with one attached hydrogen (secondary N) is 2. The molecule has 2 aromatic carbocycles. The first-order chi connectivity index (χ1) is 11.8. The van der Waals surface area contributed by atoms with Crippen LogP contribution in [0.3, 0.4) is 0 Å². The van der Waals surface area contributed by atoms with E-state index in [9.17, 15) is 0 Å². The lowest BCUT2D eigenvalue weighted by Gasteiger charge is -2.25. The second kappa shape index (κ2) is 7.10. The van der Waals surface area contributed by atoms with Crippen LogP contribution in [0.4, 0.5) is 17.1 Å². The van der Waals surface area contributed by atoms with Gasteiger partial charge in [0.15, 0.2) is 0 Å². The van der Waals surface area contributed by atoms with Crippen LogP contribution in [0.2, 0.25) is 0 Å². The predicted octanol–water partition coefficient (Wildman–Crippen LogP) is 6.21. The van der Waals surface area contributed by atoms with E-state index in [1.54, 1.807) is 0 Å². The van der Waals surface area contributed by atoms with Crippen LogP contribution in [0.15, 0.2) is 47.4 Å². The van der Waals surface area contributed by atoms with Gasteiger partial charge in [-0.2, -0.15) is 0 Å². The molecular formula is C21H26N2S. The molecule has 1 fully saturated rings. The van der Waals surface area contributed by atoms with Crippen molar-refractivity contribution in [3.63, 3.8) is 0 Å². The van der Waals surface area contributed by atoms with Gasteiger partial charge in [0.25, 0.3) is 0 Å². The summed E-state index contributed by atoms with van der Waals surface area (Å²) in [6.45, 7) is 2.33. The molecule has 0 spiro atoms. The first kappa shape index (κ1) is 15.9. The lowest BCUT2D eigenvalue weighted by molar-refractivity contribution is 0.462. The number of hydrogen-bond acceptors (Lipinski definition) is 3. The Morgan fingerprint density at radius 3 is 2.46 bits per heavy atom. The Morgan fingerprint density at radius 1 is 0.917 bits per heavy atom. The van der Waals surface area contributed by atoms with Gasteiger partial charge in [-0.25, -0.2) is 0 Å². The molecule has 1 atom stereocenters. The molecule has 126 valence electrons. The van der Waals surface area contributed by atoms with Gasteiger partial charge in [-0.1, -0.05) is 44.4 Å². The van der Waals surface area contributed by atoms with E-state index >= 15 is 0 Å². The first-order valence-electron chi connectivity index (χ1n) is 9.21. The van der Waals surface area contributed by atoms with Crippen molar-refractivity contribution in [3.8, 4) is 0 Å². The lowest BCUT2D eigenvalue weighted by atomic mass is 9.94. The highest BCUT2D eigenvalue weighted by atomic mass is 32.2. The third kappa shape index (κ3) is 3.41. The average Bonchev–Trinajstić information content (AvgIpc) is 3.01. The van der Waals surface area contributed by atoms with Crippen molar-refractivity contribution < 1.29 is 0 Å². The number of hydrogen-bond donors (Lipinski definition) is 2. The SMILES string of the molecule is CC1Cc2c(NC3CCCCC3)ccc(Nc3ccccc3)c2S1. The first-order valence-corrected chi connectivity index (χ1v) is 10.1. The van der Waals surface area contributed by atoms with Crippen molar-refractivity contribution in [3.05, 3.63) is 48.0 Å². The summed E-state index contributed by atoms with van der Waals surface area (Å²) in [5.41, 5.74) is 5.29. The number of anilines is 3. The molecule has 1 aliphatic carbocycles. The number of fused-ring (bicyclic) bond motifs is 1. The van der Waals surface area contributed by atoms with Crippen molar-refractivity contribution in [2.24, 2.45) is 0 Å². The number of benzene rings is 2. The summed E-state index contributed by atoms with van der Waals surface area (Å²) < 4.78 is 0. The molecule has 4 rings (SSSR count). The summed E-state index contributed by atoms with van der Waals surface area (Å²) in [4.78, 5) is 1.44. The van der Waals surface area contributed by atoms with Gasteiger partial charge < -0.3 is 10.6 Å². The Labute approximate surface area is 149 Å². The molecule has 2 N–H and O–H groups in total. The van der Waals surface area contributed by atoms with Gasteiger partial charge in [-0.15, -0.1) is 11.8 Å². The highest BCUT2D eigenvalue weighted by Gasteiger charge is 2.26. The molecule has 0 amide bonds. The maximum Gasteiger partial charge on any atom is 0.0526 e. The zero-order valence-electron chi connectivity index (χ0n) is 14.3. The average molecular weight is 339 g/mol. The van der Waals surface area contributed by atoms with Crippen LogP contribution in [0.25, 0.3) is 0 Å². The molecule has 1 aliphatic heterocycles. The standard InChI is InChI=1S/C21H26N2S/c1-15-14-18-19(22-16-8-4-2-5-9-16)12-13-20(21(18)24-15)23-17-10-6-3-7-11-17/h3,6-7,10-13,15-16,22-23H,2,4-5,8-9,14H2,1H3. The number of thioether (sulfide) groups is 1. The summed E-state index contributed by atoms with van der Waals surface area (Å²) in [7, 11) is 0. The van der Waals surface area contributed by atoms with Crippen LogP contribution in [-0.2, 0) is 6.42 Å². The lowest BCUT2D eigenvalue weighted by Crippen LogP contribution is -2.23. The van der Waals surface area contributed by atoms with Crippen LogP contribution in [0, 0.1) is 0 Å². The smallest absolute Gasteiger partial charge is 0.0526 e. The van der Waals surface area contributed by atoms with Gasteiger partial charge in [-0.3, -0.25) is 0 Å². The van der Waals surface area contributed by atoms with E-state index in [0.717, 1.165) is 5.69 Å². The van der Waals surface area contributed by atoms with Gasteiger partial charge in [0.2, 0.25) is 0 Å². The topological polar surface area (TPSA) is 24.1 Å². The fourth-order valence-electron chi connectivity index (χ4n) is 3.87. The number of para-hydroxylation sites is 1. The normalized spacial score (nSPS) is 20.6. The van der Waals surface area contributed by atoms with E-state index in [1.807, 2.05) is 11.8 Å². The largest absolute Gasteiger partial charge is 0.382 e. The van der Waals surface area contributed by atoms with E-state index in [0.29, 0.717) is 11.3 Å². The van der Waals surface area contributed by atoms with Crippen molar-refractivity contribution in [1.29, 1.82) is 0 Å². The fraction of sp³-hybridized carbons (Fsp3) is 0.429. The third-order valence-corrected chi connectivity index (χ3v) is 6.36. The van der Waals surface area contributed by atoms with Crippen molar-refractivity contribution in [2.45, 2.75) is 61.6 Å². The van der Waals surface area contributed by atoms with Crippen LogP contribution >= 0.6 is 11.8 Å².